The van der Waals surface area contributed by atoms with Gasteiger partial charge in [0.1, 0.15) is 5.69 Å². The van der Waals surface area contributed by atoms with E-state index < -0.39 is 17.8 Å². The highest BCUT2D eigenvalue weighted by Crippen LogP contribution is 2.30. The fourth-order valence-electron chi connectivity index (χ4n) is 4.11. The first-order valence-electron chi connectivity index (χ1n) is 10.9. The van der Waals surface area contributed by atoms with E-state index in [0.29, 0.717) is 63.6 Å². The lowest BCUT2D eigenvalue weighted by Crippen LogP contribution is -2.39. The van der Waals surface area contributed by atoms with E-state index in [-0.39, 0.29) is 23.3 Å². The maximum atomic E-state index is 12.9. The summed E-state index contributed by atoms with van der Waals surface area (Å²) in [6.07, 6.45) is -2.67. The first-order valence-corrected chi connectivity index (χ1v) is 10.9. The largest absolute Gasteiger partial charge is 0.478 e. The van der Waals surface area contributed by atoms with Crippen molar-refractivity contribution in [2.75, 3.05) is 54.5 Å². The standard InChI is InChI=1S/C22H24F3N5O4/c23-22(24,25)18-3-6-26-21(28-18)30-7-4-14(5-8-30)19(31)27-15-1-2-17(16(13-15)20(32)33)29-9-11-34-12-10-29/h1-3,6,13-14H,4-5,7-12H2,(H,27,31)(H,32,33). The predicted molar refractivity (Wildman–Crippen MR) is 117 cm³/mol. The molecule has 0 saturated carbocycles. The van der Waals surface area contributed by atoms with Crippen molar-refractivity contribution in [3.8, 4) is 0 Å². The monoisotopic (exact) mass is 479 g/mol. The van der Waals surface area contributed by atoms with Gasteiger partial charge in [0, 0.05) is 44.0 Å². The Labute approximate surface area is 193 Å². The highest BCUT2D eigenvalue weighted by molar-refractivity contribution is 5.98. The number of carbonyl (C=O) groups excluding carboxylic acids is 1. The molecule has 0 unspecified atom stereocenters. The number of halogens is 3. The molecule has 34 heavy (non-hydrogen) atoms. The van der Waals surface area contributed by atoms with Gasteiger partial charge < -0.3 is 25.0 Å². The minimum absolute atomic E-state index is 0.0153. The van der Waals surface area contributed by atoms with Crippen LogP contribution in [0, 0.1) is 5.92 Å². The number of hydrogen-bond acceptors (Lipinski definition) is 7. The molecule has 0 spiro atoms. The summed E-state index contributed by atoms with van der Waals surface area (Å²) < 4.78 is 44.1. The zero-order chi connectivity index (χ0) is 24.3. The van der Waals surface area contributed by atoms with Gasteiger partial charge in [0.15, 0.2) is 0 Å². The third-order valence-corrected chi connectivity index (χ3v) is 5.93. The number of nitrogens with one attached hydrogen (secondary N) is 1. The summed E-state index contributed by atoms with van der Waals surface area (Å²) in [5.74, 6) is -1.74. The molecule has 0 aliphatic carbocycles. The molecule has 9 nitrogen and oxygen atoms in total. The van der Waals surface area contributed by atoms with E-state index in [2.05, 4.69) is 15.3 Å². The molecule has 0 atom stereocenters. The summed E-state index contributed by atoms with van der Waals surface area (Å²) in [6.45, 7) is 2.86. The van der Waals surface area contributed by atoms with Crippen LogP contribution in [0.5, 0.6) is 0 Å². The summed E-state index contributed by atoms with van der Waals surface area (Å²) in [5, 5.41) is 12.4. The Kier molecular flexibility index (Phi) is 6.87. The number of carbonyl (C=O) groups is 2. The van der Waals surface area contributed by atoms with E-state index in [9.17, 15) is 27.9 Å². The van der Waals surface area contributed by atoms with Gasteiger partial charge in [-0.2, -0.15) is 13.2 Å². The number of rotatable bonds is 5. The molecule has 2 fully saturated rings. The number of carboxylic acids is 1. The predicted octanol–water partition coefficient (Wildman–Crippen LogP) is 2.89. The summed E-state index contributed by atoms with van der Waals surface area (Å²) in [6, 6.07) is 5.61. The van der Waals surface area contributed by atoms with Crippen LogP contribution in [0.25, 0.3) is 0 Å². The number of amides is 1. The van der Waals surface area contributed by atoms with Gasteiger partial charge in [-0.1, -0.05) is 0 Å². The number of aromatic nitrogens is 2. The third kappa shape index (κ3) is 5.38. The zero-order valence-corrected chi connectivity index (χ0v) is 18.2. The highest BCUT2D eigenvalue weighted by atomic mass is 19.4. The van der Waals surface area contributed by atoms with Gasteiger partial charge in [-0.05, 0) is 37.1 Å². The topological polar surface area (TPSA) is 108 Å². The van der Waals surface area contributed by atoms with Crippen LogP contribution in [-0.4, -0.2) is 66.3 Å². The van der Waals surface area contributed by atoms with Crippen LogP contribution in [0.1, 0.15) is 28.9 Å². The molecule has 2 aromatic rings. The second kappa shape index (κ2) is 9.84. The molecule has 3 heterocycles. The Morgan fingerprint density at radius 2 is 1.76 bits per heavy atom. The van der Waals surface area contributed by atoms with Crippen molar-refractivity contribution in [3.63, 3.8) is 0 Å². The van der Waals surface area contributed by atoms with Gasteiger partial charge >= 0.3 is 12.1 Å². The normalized spacial score (nSPS) is 17.5. The van der Waals surface area contributed by atoms with Crippen molar-refractivity contribution < 1.29 is 32.6 Å². The number of hydrogen-bond donors (Lipinski definition) is 2. The van der Waals surface area contributed by atoms with Gasteiger partial charge in [-0.25, -0.2) is 14.8 Å². The summed E-state index contributed by atoms with van der Waals surface area (Å²) in [4.78, 5) is 35.7. The van der Waals surface area contributed by atoms with Crippen LogP contribution in [0.4, 0.5) is 30.5 Å². The maximum Gasteiger partial charge on any atom is 0.433 e. The Morgan fingerprint density at radius 1 is 1.06 bits per heavy atom. The second-order valence-electron chi connectivity index (χ2n) is 8.13. The van der Waals surface area contributed by atoms with Crippen molar-refractivity contribution in [2.45, 2.75) is 19.0 Å². The van der Waals surface area contributed by atoms with Crippen molar-refractivity contribution in [1.29, 1.82) is 0 Å². The molecule has 0 bridgehead atoms. The van der Waals surface area contributed by atoms with Crippen LogP contribution in [-0.2, 0) is 15.7 Å². The van der Waals surface area contributed by atoms with E-state index in [0.717, 1.165) is 12.3 Å². The molecule has 0 radical (unpaired) electrons. The molecular weight excluding hydrogens is 455 g/mol. The number of carboxylic acid groups (broad SMARTS) is 1. The fourth-order valence-corrected chi connectivity index (χ4v) is 4.11. The molecule has 12 heteroatoms. The minimum atomic E-state index is -4.55. The quantitative estimate of drug-likeness (QED) is 0.674. The number of anilines is 3. The Bertz CT molecular complexity index is 1050. The van der Waals surface area contributed by atoms with Crippen molar-refractivity contribution >= 4 is 29.2 Å². The van der Waals surface area contributed by atoms with Crippen LogP contribution >= 0.6 is 0 Å². The van der Waals surface area contributed by atoms with E-state index in [1.54, 1.807) is 17.0 Å². The van der Waals surface area contributed by atoms with Gasteiger partial charge in [0.25, 0.3) is 0 Å². The third-order valence-electron chi connectivity index (χ3n) is 5.93. The summed E-state index contributed by atoms with van der Waals surface area (Å²) >= 11 is 0. The molecule has 2 N–H and O–H groups in total. The maximum absolute atomic E-state index is 12.9. The van der Waals surface area contributed by atoms with Crippen molar-refractivity contribution in [1.82, 2.24) is 9.97 Å². The molecule has 1 aromatic heterocycles. The molecular formula is C22H24F3N5O4. The van der Waals surface area contributed by atoms with E-state index in [4.69, 9.17) is 4.74 Å². The van der Waals surface area contributed by atoms with Gasteiger partial charge in [-0.3, -0.25) is 4.79 Å². The zero-order valence-electron chi connectivity index (χ0n) is 18.2. The Morgan fingerprint density at radius 3 is 2.41 bits per heavy atom. The van der Waals surface area contributed by atoms with Crippen LogP contribution in [0.15, 0.2) is 30.5 Å². The molecule has 1 aromatic carbocycles. The molecule has 1 amide bonds. The number of benzene rings is 1. The molecule has 2 aliphatic rings. The number of nitrogens with zero attached hydrogens (tertiary/aromatic N) is 4. The second-order valence-corrected chi connectivity index (χ2v) is 8.13. The first kappa shape index (κ1) is 23.7. The van der Waals surface area contributed by atoms with E-state index in [1.807, 2.05) is 4.90 Å². The fraction of sp³-hybridized carbons (Fsp3) is 0.455. The van der Waals surface area contributed by atoms with E-state index >= 15 is 0 Å². The van der Waals surface area contributed by atoms with Gasteiger partial charge in [-0.15, -0.1) is 0 Å². The molecule has 2 aliphatic heterocycles. The lowest BCUT2D eigenvalue weighted by Gasteiger charge is -2.31. The van der Waals surface area contributed by atoms with Crippen LogP contribution < -0.4 is 15.1 Å². The number of aromatic carboxylic acids is 1. The first-order chi connectivity index (χ1) is 16.2. The van der Waals surface area contributed by atoms with Crippen molar-refractivity contribution in [2.24, 2.45) is 5.92 Å². The molecule has 4 rings (SSSR count). The highest BCUT2D eigenvalue weighted by Gasteiger charge is 2.34. The number of ether oxygens (including phenoxy) is 1. The Hall–Kier alpha value is -3.41. The number of piperidine rings is 1. The molecule has 2 saturated heterocycles. The van der Waals surface area contributed by atoms with Gasteiger partial charge in [0.05, 0.1) is 24.5 Å². The smallest absolute Gasteiger partial charge is 0.433 e. The lowest BCUT2D eigenvalue weighted by molar-refractivity contribution is -0.141. The average molecular weight is 479 g/mol. The van der Waals surface area contributed by atoms with Gasteiger partial charge in [0.2, 0.25) is 11.9 Å². The molecule has 182 valence electrons. The van der Waals surface area contributed by atoms with Crippen LogP contribution in [0.3, 0.4) is 0 Å². The lowest BCUT2D eigenvalue weighted by atomic mass is 9.96. The van der Waals surface area contributed by atoms with E-state index in [1.165, 1.54) is 6.07 Å². The minimum Gasteiger partial charge on any atom is -0.478 e. The average Bonchev–Trinajstić information content (AvgIpc) is 2.84. The van der Waals surface area contributed by atoms with Crippen LogP contribution in [0.2, 0.25) is 0 Å². The van der Waals surface area contributed by atoms with Crippen molar-refractivity contribution in [3.05, 3.63) is 41.7 Å². The summed E-state index contributed by atoms with van der Waals surface area (Å²) in [5.41, 5.74) is 0.0367. The number of alkyl halides is 3. The Balaban J connectivity index is 1.38. The SMILES string of the molecule is O=C(O)c1cc(NC(=O)C2CCN(c3nccc(C(F)(F)F)n3)CC2)ccc1N1CCOCC1. The summed E-state index contributed by atoms with van der Waals surface area (Å²) in [7, 11) is 0. The number of morpholine rings is 1.